The topological polar surface area (TPSA) is 12.0 Å². The predicted octanol–water partition coefficient (Wildman–Crippen LogP) is 1.52. The van der Waals surface area contributed by atoms with Gasteiger partial charge in [0.2, 0.25) is 0 Å². The highest BCUT2D eigenvalue weighted by molar-refractivity contribution is 9.12. The summed E-state index contributed by atoms with van der Waals surface area (Å²) in [5, 5.41) is 3.25. The fourth-order valence-electron chi connectivity index (χ4n) is 0.516. The Bertz CT molecular complexity index is 123. The van der Waals surface area contributed by atoms with Gasteiger partial charge in [0.15, 0.2) is 0 Å². The third kappa shape index (κ3) is 4.77. The van der Waals surface area contributed by atoms with Gasteiger partial charge in [0, 0.05) is 22.0 Å². The predicted molar refractivity (Wildman–Crippen MR) is 45.0 cm³/mol. The van der Waals surface area contributed by atoms with E-state index in [9.17, 15) is 0 Å². The Labute approximate surface area is 70.1 Å². The summed E-state index contributed by atoms with van der Waals surface area (Å²) < 4.78 is 0. The van der Waals surface area contributed by atoms with Crippen LogP contribution in [-0.2, 0) is 0 Å². The van der Waals surface area contributed by atoms with Gasteiger partial charge in [-0.1, -0.05) is 5.92 Å². The lowest BCUT2D eigenvalue weighted by Gasteiger charge is -1.89. The first-order chi connectivity index (χ1) is 3.93. The molecule has 9 heavy (non-hydrogen) atoms. The zero-order chi connectivity index (χ0) is 5.82. The lowest BCUT2D eigenvalue weighted by Crippen LogP contribution is -2.15. The normalized spacial score (nSPS) is 15.2. The van der Waals surface area contributed by atoms with E-state index in [2.05, 4.69) is 32.0 Å². The third-order valence-corrected chi connectivity index (χ3v) is 1.40. The van der Waals surface area contributed by atoms with Crippen molar-refractivity contribution in [1.82, 2.24) is 5.32 Å². The summed E-state index contributed by atoms with van der Waals surface area (Å²) in [5.74, 6) is 2.88. The van der Waals surface area contributed by atoms with Crippen molar-refractivity contribution < 1.29 is 0 Å². The first kappa shape index (κ1) is 9.29. The van der Waals surface area contributed by atoms with Crippen LogP contribution in [0.3, 0.4) is 0 Å². The van der Waals surface area contributed by atoms with Crippen LogP contribution in [0.1, 0.15) is 12.8 Å². The molecule has 1 rings (SSSR count). The minimum absolute atomic E-state index is 0. The monoisotopic (exact) mass is 209 g/mol. The van der Waals surface area contributed by atoms with E-state index in [1.165, 1.54) is 12.8 Å². The molecule has 0 saturated heterocycles. The molecule has 1 saturated carbocycles. The first-order valence-corrected chi connectivity index (χ1v) is 3.54. The molecule has 0 spiro atoms. The number of rotatable bonds is 2. The van der Waals surface area contributed by atoms with Gasteiger partial charge >= 0.3 is 0 Å². The van der Waals surface area contributed by atoms with E-state index in [0.717, 1.165) is 12.6 Å². The molecule has 0 aromatic rings. The maximum Gasteiger partial charge on any atom is 0.0587 e. The van der Waals surface area contributed by atoms with Crippen molar-refractivity contribution in [2.45, 2.75) is 18.9 Å². The van der Waals surface area contributed by atoms with Crippen molar-refractivity contribution in [3.8, 4) is 10.8 Å². The molecule has 1 aliphatic rings. The van der Waals surface area contributed by atoms with E-state index in [0.29, 0.717) is 0 Å². The van der Waals surface area contributed by atoms with Gasteiger partial charge in [-0.25, -0.2) is 0 Å². The van der Waals surface area contributed by atoms with Crippen LogP contribution in [0.15, 0.2) is 0 Å². The van der Waals surface area contributed by atoms with Crippen molar-refractivity contribution in [1.29, 1.82) is 0 Å². The summed E-state index contributed by atoms with van der Waals surface area (Å²) >= 11 is 3.02. The van der Waals surface area contributed by atoms with Crippen molar-refractivity contribution >= 4 is 28.3 Å². The molecule has 0 aliphatic heterocycles. The van der Waals surface area contributed by atoms with Crippen molar-refractivity contribution in [3.63, 3.8) is 0 Å². The molecule has 1 nitrogen and oxygen atoms in total. The Hall–Kier alpha value is 0.290. The average Bonchev–Trinajstić information content (AvgIpc) is 2.51. The molecule has 0 unspecified atom stereocenters. The SMILES string of the molecule is BrC#CCNC1CC1.Cl. The van der Waals surface area contributed by atoms with E-state index >= 15 is 0 Å². The number of hydrogen-bond donors (Lipinski definition) is 1. The van der Waals surface area contributed by atoms with Crippen LogP contribution in [0.25, 0.3) is 0 Å². The van der Waals surface area contributed by atoms with Crippen LogP contribution in [-0.4, -0.2) is 12.6 Å². The summed E-state index contributed by atoms with van der Waals surface area (Å²) in [6.45, 7) is 0.829. The van der Waals surface area contributed by atoms with Crippen molar-refractivity contribution in [3.05, 3.63) is 0 Å². The van der Waals surface area contributed by atoms with Crippen molar-refractivity contribution in [2.75, 3.05) is 6.54 Å². The van der Waals surface area contributed by atoms with E-state index in [4.69, 9.17) is 0 Å². The fraction of sp³-hybridized carbons (Fsp3) is 0.667. The number of nitrogens with one attached hydrogen (secondary N) is 1. The minimum Gasteiger partial charge on any atom is -0.303 e. The third-order valence-electron chi connectivity index (χ3n) is 1.12. The molecule has 0 aromatic carbocycles. The van der Waals surface area contributed by atoms with Crippen LogP contribution < -0.4 is 5.32 Å². The lowest BCUT2D eigenvalue weighted by atomic mass is 10.6. The van der Waals surface area contributed by atoms with Crippen LogP contribution in [0.2, 0.25) is 0 Å². The smallest absolute Gasteiger partial charge is 0.0587 e. The second-order valence-corrected chi connectivity index (χ2v) is 2.32. The zero-order valence-corrected chi connectivity index (χ0v) is 7.39. The Morgan fingerprint density at radius 3 is 2.67 bits per heavy atom. The quantitative estimate of drug-likeness (QED) is 0.682. The average molecular weight is 211 g/mol. The molecule has 0 bridgehead atoms. The second kappa shape index (κ2) is 5.10. The standard InChI is InChI=1S/C6H8BrN.ClH/c7-4-1-5-8-6-2-3-6;/h6,8H,2-3,5H2;1H. The largest absolute Gasteiger partial charge is 0.303 e. The summed E-state index contributed by atoms with van der Waals surface area (Å²) in [4.78, 5) is 2.65. The highest BCUT2D eigenvalue weighted by Crippen LogP contribution is 2.17. The molecule has 0 amide bonds. The maximum atomic E-state index is 3.25. The molecule has 3 heteroatoms. The van der Waals surface area contributed by atoms with Crippen LogP contribution in [0, 0.1) is 10.8 Å². The number of hydrogen-bond acceptors (Lipinski definition) is 1. The number of halogens is 2. The molecule has 0 atom stereocenters. The van der Waals surface area contributed by atoms with Gasteiger partial charge in [0.05, 0.1) is 6.54 Å². The summed E-state index contributed by atoms with van der Waals surface area (Å²) in [7, 11) is 0. The van der Waals surface area contributed by atoms with Crippen LogP contribution in [0.5, 0.6) is 0 Å². The zero-order valence-electron chi connectivity index (χ0n) is 4.98. The first-order valence-electron chi connectivity index (χ1n) is 2.75. The maximum absolute atomic E-state index is 3.25. The van der Waals surface area contributed by atoms with Crippen molar-refractivity contribution in [2.24, 2.45) is 0 Å². The van der Waals surface area contributed by atoms with Gasteiger partial charge in [-0.15, -0.1) is 12.4 Å². The Kier molecular flexibility index (Phi) is 5.27. The Morgan fingerprint density at radius 2 is 2.22 bits per heavy atom. The lowest BCUT2D eigenvalue weighted by molar-refractivity contribution is 0.763. The van der Waals surface area contributed by atoms with Gasteiger partial charge in [0.1, 0.15) is 0 Å². The molecule has 0 radical (unpaired) electrons. The highest BCUT2D eigenvalue weighted by atomic mass is 79.9. The summed E-state index contributed by atoms with van der Waals surface area (Å²) in [6.07, 6.45) is 2.67. The molecule has 0 aromatic heterocycles. The van der Waals surface area contributed by atoms with E-state index in [1.807, 2.05) is 0 Å². The molecule has 1 N–H and O–H groups in total. The molecule has 52 valence electrons. The fourth-order valence-corrected chi connectivity index (χ4v) is 0.656. The van der Waals surface area contributed by atoms with Gasteiger partial charge in [0.25, 0.3) is 0 Å². The Morgan fingerprint density at radius 1 is 1.56 bits per heavy atom. The van der Waals surface area contributed by atoms with Gasteiger partial charge < -0.3 is 5.32 Å². The molecule has 0 heterocycles. The van der Waals surface area contributed by atoms with Gasteiger partial charge in [-0.2, -0.15) is 0 Å². The molecule has 1 aliphatic carbocycles. The van der Waals surface area contributed by atoms with Crippen LogP contribution in [0.4, 0.5) is 0 Å². The summed E-state index contributed by atoms with van der Waals surface area (Å²) in [6, 6.07) is 0.781. The van der Waals surface area contributed by atoms with E-state index in [-0.39, 0.29) is 12.4 Å². The molecular formula is C6H9BrClN. The highest BCUT2D eigenvalue weighted by Gasteiger charge is 2.18. The van der Waals surface area contributed by atoms with Crippen LogP contribution >= 0.6 is 28.3 Å². The van der Waals surface area contributed by atoms with Gasteiger partial charge in [-0.05, 0) is 17.7 Å². The minimum atomic E-state index is 0. The summed E-state index contributed by atoms with van der Waals surface area (Å²) in [5.41, 5.74) is 0. The van der Waals surface area contributed by atoms with Gasteiger partial charge in [-0.3, -0.25) is 0 Å². The molecular weight excluding hydrogens is 201 g/mol. The van der Waals surface area contributed by atoms with E-state index < -0.39 is 0 Å². The Balaban J connectivity index is 0.000000640. The second-order valence-electron chi connectivity index (χ2n) is 1.93. The molecule has 1 fully saturated rings. The van der Waals surface area contributed by atoms with E-state index in [1.54, 1.807) is 0 Å².